The van der Waals surface area contributed by atoms with Crippen molar-refractivity contribution in [3.63, 3.8) is 0 Å². The maximum Gasteiger partial charge on any atom is 0.293 e. The topological polar surface area (TPSA) is 120 Å². The molecule has 0 spiro atoms. The number of nitrogens with two attached hydrogens (primary N) is 1. The van der Waals surface area contributed by atoms with Crippen molar-refractivity contribution < 1.29 is 4.79 Å². The van der Waals surface area contributed by atoms with Gasteiger partial charge in [-0.25, -0.2) is 0 Å². The quantitative estimate of drug-likeness (QED) is 0.750. The van der Waals surface area contributed by atoms with Gasteiger partial charge in [0.1, 0.15) is 6.07 Å². The van der Waals surface area contributed by atoms with Gasteiger partial charge in [0, 0.05) is 5.69 Å². The van der Waals surface area contributed by atoms with E-state index in [0.29, 0.717) is 10.7 Å². The molecule has 0 atom stereocenters. The minimum Gasteiger partial charge on any atom is -0.366 e. The molecule has 1 aromatic heterocycles. The van der Waals surface area contributed by atoms with Gasteiger partial charge >= 0.3 is 0 Å². The Kier molecular flexibility index (Phi) is 3.12. The SMILES string of the molecule is N#Cc1cc(NC(=O)c2nc(N)n[nH]2)ccc1Cl. The van der Waals surface area contributed by atoms with E-state index in [-0.39, 0.29) is 17.3 Å². The summed E-state index contributed by atoms with van der Waals surface area (Å²) in [4.78, 5) is 15.4. The summed E-state index contributed by atoms with van der Waals surface area (Å²) in [5.41, 5.74) is 5.98. The summed E-state index contributed by atoms with van der Waals surface area (Å²) < 4.78 is 0. The van der Waals surface area contributed by atoms with E-state index in [9.17, 15) is 4.79 Å². The van der Waals surface area contributed by atoms with Crippen LogP contribution in [0.1, 0.15) is 16.2 Å². The van der Waals surface area contributed by atoms with Crippen molar-refractivity contribution in [1.29, 1.82) is 5.26 Å². The van der Waals surface area contributed by atoms with Crippen LogP contribution in [0.15, 0.2) is 18.2 Å². The number of carbonyl (C=O) groups excluding carboxylic acids is 1. The van der Waals surface area contributed by atoms with E-state index < -0.39 is 5.91 Å². The predicted molar refractivity (Wildman–Crippen MR) is 64.9 cm³/mol. The Balaban J connectivity index is 2.20. The third kappa shape index (κ3) is 2.39. The van der Waals surface area contributed by atoms with Crippen LogP contribution in [-0.4, -0.2) is 21.1 Å². The molecule has 2 rings (SSSR count). The van der Waals surface area contributed by atoms with Gasteiger partial charge in [-0.2, -0.15) is 10.2 Å². The second-order valence-electron chi connectivity index (χ2n) is 3.30. The molecule has 1 amide bonds. The first kappa shape index (κ1) is 11.9. The van der Waals surface area contributed by atoms with Gasteiger partial charge in [-0.1, -0.05) is 11.6 Å². The van der Waals surface area contributed by atoms with Crippen LogP contribution in [0.3, 0.4) is 0 Å². The molecule has 0 saturated heterocycles. The molecule has 0 bridgehead atoms. The summed E-state index contributed by atoms with van der Waals surface area (Å²) >= 11 is 5.77. The highest BCUT2D eigenvalue weighted by Gasteiger charge is 2.11. The molecule has 4 N–H and O–H groups in total. The van der Waals surface area contributed by atoms with E-state index >= 15 is 0 Å². The van der Waals surface area contributed by atoms with Gasteiger partial charge in [0.2, 0.25) is 11.8 Å². The fourth-order valence-electron chi connectivity index (χ4n) is 1.26. The number of aromatic amines is 1. The molecule has 0 radical (unpaired) electrons. The number of nitrogen functional groups attached to an aromatic ring is 1. The smallest absolute Gasteiger partial charge is 0.293 e. The molecular weight excluding hydrogens is 256 g/mol. The molecule has 8 heteroatoms. The van der Waals surface area contributed by atoms with Crippen LogP contribution < -0.4 is 11.1 Å². The van der Waals surface area contributed by atoms with Crippen LogP contribution in [-0.2, 0) is 0 Å². The Morgan fingerprint density at radius 2 is 2.33 bits per heavy atom. The van der Waals surface area contributed by atoms with Crippen molar-refractivity contribution in [3.05, 3.63) is 34.6 Å². The van der Waals surface area contributed by atoms with E-state index in [1.165, 1.54) is 12.1 Å². The second kappa shape index (κ2) is 4.73. The van der Waals surface area contributed by atoms with Crippen LogP contribution in [0, 0.1) is 11.3 Å². The number of anilines is 2. The van der Waals surface area contributed by atoms with Crippen molar-refractivity contribution in [1.82, 2.24) is 15.2 Å². The average Bonchev–Trinajstić information content (AvgIpc) is 2.78. The molecule has 90 valence electrons. The Morgan fingerprint density at radius 3 is 2.94 bits per heavy atom. The predicted octanol–water partition coefficient (Wildman–Crippen LogP) is 1.16. The van der Waals surface area contributed by atoms with E-state index in [1.807, 2.05) is 6.07 Å². The number of nitriles is 1. The maximum absolute atomic E-state index is 11.7. The van der Waals surface area contributed by atoms with Crippen LogP contribution in [0.2, 0.25) is 5.02 Å². The number of amides is 1. The Hall–Kier alpha value is -2.59. The number of halogens is 1. The van der Waals surface area contributed by atoms with Gasteiger partial charge in [-0.3, -0.25) is 9.89 Å². The number of hydrogen-bond donors (Lipinski definition) is 3. The highest BCUT2D eigenvalue weighted by Crippen LogP contribution is 2.19. The Bertz CT molecular complexity index is 644. The molecule has 7 nitrogen and oxygen atoms in total. The van der Waals surface area contributed by atoms with E-state index in [2.05, 4.69) is 20.5 Å². The third-order valence-electron chi connectivity index (χ3n) is 2.06. The molecule has 1 aromatic carbocycles. The summed E-state index contributed by atoms with van der Waals surface area (Å²) in [6.07, 6.45) is 0. The monoisotopic (exact) mass is 262 g/mol. The minimum atomic E-state index is -0.509. The van der Waals surface area contributed by atoms with Gasteiger partial charge in [-0.05, 0) is 18.2 Å². The standard InChI is InChI=1S/C10H7ClN6O/c11-7-2-1-6(3-5(7)4-12)14-9(18)8-15-10(13)17-16-8/h1-3H,(H,14,18)(H3,13,15,16,17). The maximum atomic E-state index is 11.7. The normalized spacial score (nSPS) is 9.78. The molecule has 2 aromatic rings. The highest BCUT2D eigenvalue weighted by molar-refractivity contribution is 6.31. The molecule has 0 aliphatic rings. The molecule has 0 fully saturated rings. The largest absolute Gasteiger partial charge is 0.366 e. The summed E-state index contributed by atoms with van der Waals surface area (Å²) in [7, 11) is 0. The third-order valence-corrected chi connectivity index (χ3v) is 2.39. The summed E-state index contributed by atoms with van der Waals surface area (Å²) in [6.45, 7) is 0. The lowest BCUT2D eigenvalue weighted by Gasteiger charge is -2.03. The Morgan fingerprint density at radius 1 is 1.56 bits per heavy atom. The van der Waals surface area contributed by atoms with E-state index in [4.69, 9.17) is 22.6 Å². The summed E-state index contributed by atoms with van der Waals surface area (Å²) in [5, 5.41) is 17.6. The van der Waals surface area contributed by atoms with Gasteiger partial charge < -0.3 is 11.1 Å². The highest BCUT2D eigenvalue weighted by atomic mass is 35.5. The lowest BCUT2D eigenvalue weighted by Crippen LogP contribution is -2.13. The molecule has 0 aliphatic heterocycles. The average molecular weight is 263 g/mol. The molecular formula is C10H7ClN6O. The molecule has 18 heavy (non-hydrogen) atoms. The molecule has 0 saturated carbocycles. The van der Waals surface area contributed by atoms with Crippen LogP contribution in [0.5, 0.6) is 0 Å². The van der Waals surface area contributed by atoms with Crippen molar-refractivity contribution in [2.45, 2.75) is 0 Å². The first-order valence-corrected chi connectivity index (χ1v) is 5.17. The van der Waals surface area contributed by atoms with E-state index in [0.717, 1.165) is 0 Å². The zero-order chi connectivity index (χ0) is 13.1. The number of aromatic nitrogens is 3. The van der Waals surface area contributed by atoms with Gasteiger partial charge in [0.05, 0.1) is 10.6 Å². The van der Waals surface area contributed by atoms with Crippen LogP contribution >= 0.6 is 11.6 Å². The minimum absolute atomic E-state index is 0.0130. The zero-order valence-electron chi connectivity index (χ0n) is 8.94. The zero-order valence-corrected chi connectivity index (χ0v) is 9.69. The van der Waals surface area contributed by atoms with Crippen molar-refractivity contribution in [3.8, 4) is 6.07 Å². The summed E-state index contributed by atoms with van der Waals surface area (Å²) in [6, 6.07) is 6.46. The molecule has 1 heterocycles. The summed E-state index contributed by atoms with van der Waals surface area (Å²) in [5.74, 6) is -0.541. The molecule has 0 aliphatic carbocycles. The van der Waals surface area contributed by atoms with Crippen molar-refractivity contribution in [2.24, 2.45) is 0 Å². The first-order valence-electron chi connectivity index (χ1n) is 4.79. The van der Waals surface area contributed by atoms with E-state index in [1.54, 1.807) is 6.07 Å². The van der Waals surface area contributed by atoms with Crippen LogP contribution in [0.4, 0.5) is 11.6 Å². The number of nitrogens with zero attached hydrogens (tertiary/aromatic N) is 3. The number of carbonyl (C=O) groups is 1. The van der Waals surface area contributed by atoms with Gasteiger partial charge in [0.25, 0.3) is 5.91 Å². The van der Waals surface area contributed by atoms with Crippen molar-refractivity contribution in [2.75, 3.05) is 11.1 Å². The van der Waals surface area contributed by atoms with Crippen LogP contribution in [0.25, 0.3) is 0 Å². The van der Waals surface area contributed by atoms with Gasteiger partial charge in [0.15, 0.2) is 0 Å². The lowest BCUT2D eigenvalue weighted by molar-refractivity contribution is 0.101. The second-order valence-corrected chi connectivity index (χ2v) is 3.71. The molecule has 0 unspecified atom stereocenters. The lowest BCUT2D eigenvalue weighted by atomic mass is 10.2. The Labute approximate surface area is 107 Å². The number of hydrogen-bond acceptors (Lipinski definition) is 5. The fraction of sp³-hybridized carbons (Fsp3) is 0. The number of H-pyrrole nitrogens is 1. The number of rotatable bonds is 2. The fourth-order valence-corrected chi connectivity index (χ4v) is 1.42. The first-order chi connectivity index (χ1) is 8.60. The number of nitrogens with one attached hydrogen (secondary N) is 2. The van der Waals surface area contributed by atoms with Gasteiger partial charge in [-0.15, -0.1) is 5.10 Å². The number of benzene rings is 1. The van der Waals surface area contributed by atoms with Crippen molar-refractivity contribution >= 4 is 29.1 Å².